The van der Waals surface area contributed by atoms with Crippen LogP contribution in [0.4, 0.5) is 0 Å². The van der Waals surface area contributed by atoms with Gasteiger partial charge in [-0.25, -0.2) is 0 Å². The topological polar surface area (TPSA) is 79.5 Å². The van der Waals surface area contributed by atoms with Crippen LogP contribution in [0.15, 0.2) is 42.6 Å². The molecule has 0 aliphatic heterocycles. The zero-order valence-corrected chi connectivity index (χ0v) is 12.2. The Morgan fingerprint density at radius 2 is 2.14 bits per heavy atom. The van der Waals surface area contributed by atoms with E-state index in [0.29, 0.717) is 13.0 Å². The van der Waals surface area contributed by atoms with Gasteiger partial charge in [0.15, 0.2) is 5.65 Å². The van der Waals surface area contributed by atoms with Gasteiger partial charge in [-0.1, -0.05) is 12.1 Å². The van der Waals surface area contributed by atoms with Crippen molar-refractivity contribution in [3.63, 3.8) is 0 Å². The van der Waals surface area contributed by atoms with E-state index in [4.69, 9.17) is 0 Å². The Labute approximate surface area is 127 Å². The summed E-state index contributed by atoms with van der Waals surface area (Å²) in [6.45, 7) is 2.28. The molecular formula is C16H16N4O2. The molecule has 22 heavy (non-hydrogen) atoms. The molecule has 0 fully saturated rings. The Hall–Kier alpha value is -2.89. The second kappa shape index (κ2) is 5.85. The van der Waals surface area contributed by atoms with E-state index in [9.17, 15) is 9.90 Å². The summed E-state index contributed by atoms with van der Waals surface area (Å²) in [5.74, 6) is 0.473. The summed E-state index contributed by atoms with van der Waals surface area (Å²) in [5, 5.41) is 20.7. The maximum absolute atomic E-state index is 12.1. The number of phenolic OH excluding ortho intramolecular Hbond substituents is 1. The first-order valence-electron chi connectivity index (χ1n) is 7.01. The van der Waals surface area contributed by atoms with Gasteiger partial charge in [-0.15, -0.1) is 10.2 Å². The summed E-state index contributed by atoms with van der Waals surface area (Å²) in [5.41, 5.74) is 1.96. The molecule has 0 aliphatic carbocycles. The predicted molar refractivity (Wildman–Crippen MR) is 81.9 cm³/mol. The van der Waals surface area contributed by atoms with E-state index in [1.54, 1.807) is 18.2 Å². The molecule has 112 valence electrons. The number of pyridine rings is 1. The highest BCUT2D eigenvalue weighted by Crippen LogP contribution is 2.18. The number of carbonyl (C=O) groups excluding carboxylic acids is 1. The van der Waals surface area contributed by atoms with Crippen LogP contribution in [-0.4, -0.2) is 32.2 Å². The predicted octanol–water partition coefficient (Wildman–Crippen LogP) is 1.72. The maximum Gasteiger partial charge on any atom is 0.255 e. The van der Waals surface area contributed by atoms with Crippen LogP contribution in [0, 0.1) is 6.92 Å². The molecule has 0 spiro atoms. The van der Waals surface area contributed by atoms with Gasteiger partial charge in [0.1, 0.15) is 11.6 Å². The Bertz CT molecular complexity index is 826. The van der Waals surface area contributed by atoms with Gasteiger partial charge < -0.3 is 10.4 Å². The van der Waals surface area contributed by atoms with Crippen LogP contribution < -0.4 is 5.32 Å². The lowest BCUT2D eigenvalue weighted by molar-refractivity contribution is 0.0951. The molecule has 3 rings (SSSR count). The number of hydrogen-bond donors (Lipinski definition) is 2. The van der Waals surface area contributed by atoms with Gasteiger partial charge in [-0.05, 0) is 36.8 Å². The molecular weight excluding hydrogens is 280 g/mol. The van der Waals surface area contributed by atoms with Crippen molar-refractivity contribution in [2.45, 2.75) is 13.3 Å². The summed E-state index contributed by atoms with van der Waals surface area (Å²) in [6.07, 6.45) is 2.45. The van der Waals surface area contributed by atoms with E-state index in [0.717, 1.165) is 17.0 Å². The van der Waals surface area contributed by atoms with Crippen molar-refractivity contribution in [2.75, 3.05) is 6.54 Å². The molecule has 0 bridgehead atoms. The summed E-state index contributed by atoms with van der Waals surface area (Å²) < 4.78 is 1.88. The summed E-state index contributed by atoms with van der Waals surface area (Å²) in [6, 6.07) is 10.7. The number of nitrogens with zero attached hydrogens (tertiary/aromatic N) is 3. The van der Waals surface area contributed by atoms with Crippen LogP contribution in [0.5, 0.6) is 5.75 Å². The first-order valence-corrected chi connectivity index (χ1v) is 7.01. The van der Waals surface area contributed by atoms with Crippen LogP contribution >= 0.6 is 0 Å². The van der Waals surface area contributed by atoms with Crippen molar-refractivity contribution < 1.29 is 9.90 Å². The molecule has 2 N–H and O–H groups in total. The number of hydrogen-bond acceptors (Lipinski definition) is 4. The second-order valence-corrected chi connectivity index (χ2v) is 5.07. The molecule has 1 amide bonds. The molecule has 0 radical (unpaired) electrons. The van der Waals surface area contributed by atoms with E-state index in [-0.39, 0.29) is 17.2 Å². The summed E-state index contributed by atoms with van der Waals surface area (Å²) in [4.78, 5) is 12.1. The maximum atomic E-state index is 12.1. The van der Waals surface area contributed by atoms with E-state index < -0.39 is 0 Å². The van der Waals surface area contributed by atoms with Gasteiger partial charge >= 0.3 is 0 Å². The molecule has 0 saturated carbocycles. The minimum atomic E-state index is -0.300. The van der Waals surface area contributed by atoms with E-state index in [2.05, 4.69) is 15.5 Å². The number of benzene rings is 1. The molecule has 0 atom stereocenters. The van der Waals surface area contributed by atoms with Crippen LogP contribution in [0.1, 0.15) is 21.7 Å². The highest BCUT2D eigenvalue weighted by Gasteiger charge is 2.11. The summed E-state index contributed by atoms with van der Waals surface area (Å²) in [7, 11) is 0. The lowest BCUT2D eigenvalue weighted by Gasteiger charge is -2.07. The second-order valence-electron chi connectivity index (χ2n) is 5.07. The SMILES string of the molecule is Cc1ccc(C(=O)NCCc2nnc3ccccn23)c(O)c1. The smallest absolute Gasteiger partial charge is 0.255 e. The lowest BCUT2D eigenvalue weighted by Crippen LogP contribution is -2.26. The van der Waals surface area contributed by atoms with Crippen LogP contribution in [0.25, 0.3) is 5.65 Å². The standard InChI is InChI=1S/C16H16N4O2/c1-11-5-6-12(13(21)10-11)16(22)17-8-7-15-19-18-14-4-2-3-9-20(14)15/h2-6,9-10,21H,7-8H2,1H3,(H,17,22). The van der Waals surface area contributed by atoms with E-state index in [1.807, 2.05) is 35.7 Å². The van der Waals surface area contributed by atoms with Crippen LogP contribution in [0.2, 0.25) is 0 Å². The monoisotopic (exact) mass is 296 g/mol. The highest BCUT2D eigenvalue weighted by molar-refractivity contribution is 5.96. The average Bonchev–Trinajstić information content (AvgIpc) is 2.90. The van der Waals surface area contributed by atoms with Crippen molar-refractivity contribution in [3.05, 3.63) is 59.5 Å². The fraction of sp³-hybridized carbons (Fsp3) is 0.188. The number of amides is 1. The van der Waals surface area contributed by atoms with E-state index >= 15 is 0 Å². The first kappa shape index (κ1) is 14.1. The Balaban J connectivity index is 1.64. The van der Waals surface area contributed by atoms with Gasteiger partial charge in [0.25, 0.3) is 5.91 Å². The van der Waals surface area contributed by atoms with Crippen molar-refractivity contribution in [2.24, 2.45) is 0 Å². The molecule has 2 aromatic heterocycles. The third kappa shape index (κ3) is 2.76. The van der Waals surface area contributed by atoms with Gasteiger partial charge in [0.05, 0.1) is 5.56 Å². The first-order chi connectivity index (χ1) is 10.6. The minimum absolute atomic E-state index is 0.00886. The zero-order valence-electron chi connectivity index (χ0n) is 12.2. The number of phenols is 1. The van der Waals surface area contributed by atoms with Crippen LogP contribution in [-0.2, 0) is 6.42 Å². The highest BCUT2D eigenvalue weighted by atomic mass is 16.3. The normalized spacial score (nSPS) is 10.8. The summed E-state index contributed by atoms with van der Waals surface area (Å²) >= 11 is 0. The van der Waals surface area contributed by atoms with Crippen LogP contribution in [0.3, 0.4) is 0 Å². The largest absolute Gasteiger partial charge is 0.507 e. The van der Waals surface area contributed by atoms with Gasteiger partial charge in [0.2, 0.25) is 0 Å². The number of aromatic hydroxyl groups is 1. The average molecular weight is 296 g/mol. The molecule has 2 heterocycles. The number of aryl methyl sites for hydroxylation is 1. The number of rotatable bonds is 4. The van der Waals surface area contributed by atoms with Crippen molar-refractivity contribution in [1.29, 1.82) is 0 Å². The van der Waals surface area contributed by atoms with Gasteiger partial charge in [-0.2, -0.15) is 0 Å². The Morgan fingerprint density at radius 1 is 1.27 bits per heavy atom. The van der Waals surface area contributed by atoms with E-state index in [1.165, 1.54) is 0 Å². The Morgan fingerprint density at radius 3 is 2.95 bits per heavy atom. The molecule has 6 heteroatoms. The van der Waals surface area contributed by atoms with Gasteiger partial charge in [0, 0.05) is 19.2 Å². The van der Waals surface area contributed by atoms with Crippen molar-refractivity contribution in [3.8, 4) is 5.75 Å². The zero-order chi connectivity index (χ0) is 15.5. The fourth-order valence-corrected chi connectivity index (χ4v) is 2.28. The quantitative estimate of drug-likeness (QED) is 0.768. The number of aromatic nitrogens is 3. The molecule has 6 nitrogen and oxygen atoms in total. The number of carbonyl (C=O) groups is 1. The van der Waals surface area contributed by atoms with Crippen molar-refractivity contribution >= 4 is 11.6 Å². The molecule has 0 unspecified atom stereocenters. The minimum Gasteiger partial charge on any atom is -0.507 e. The third-order valence-electron chi connectivity index (χ3n) is 3.42. The Kier molecular flexibility index (Phi) is 3.74. The molecule has 3 aromatic rings. The lowest BCUT2D eigenvalue weighted by atomic mass is 10.1. The molecule has 0 aliphatic rings. The molecule has 0 saturated heterocycles. The third-order valence-corrected chi connectivity index (χ3v) is 3.42. The molecule has 1 aromatic carbocycles. The number of fused-ring (bicyclic) bond motifs is 1. The number of nitrogens with one attached hydrogen (secondary N) is 1. The van der Waals surface area contributed by atoms with Gasteiger partial charge in [-0.3, -0.25) is 9.20 Å². The fourth-order valence-electron chi connectivity index (χ4n) is 2.28. The van der Waals surface area contributed by atoms with Crippen molar-refractivity contribution in [1.82, 2.24) is 19.9 Å².